The molecule has 0 N–H and O–H groups in total. The monoisotopic (exact) mass is 1910 g/mol. The Kier molecular flexibility index (Phi) is 22.3. The van der Waals surface area contributed by atoms with Crippen LogP contribution in [-0.4, -0.2) is 63.1 Å². The van der Waals surface area contributed by atoms with Crippen molar-refractivity contribution in [3.05, 3.63) is 528 Å². The fourth-order valence-electron chi connectivity index (χ4n) is 21.1. The number of para-hydroxylation sites is 5. The van der Waals surface area contributed by atoms with Crippen molar-refractivity contribution in [2.24, 2.45) is 0 Å². The second-order valence-electron chi connectivity index (χ2n) is 37.1. The van der Waals surface area contributed by atoms with Crippen LogP contribution in [0, 0.1) is 0 Å². The molecule has 149 heavy (non-hydrogen) atoms. The molecule has 0 bridgehead atoms. The highest BCUT2D eigenvalue weighted by Gasteiger charge is 2.28. The number of furan rings is 1. The lowest BCUT2D eigenvalue weighted by Gasteiger charge is -2.14. The van der Waals surface area contributed by atoms with Gasteiger partial charge in [-0.15, -0.1) is 0 Å². The van der Waals surface area contributed by atoms with Crippen molar-refractivity contribution in [1.29, 1.82) is 0 Å². The second-order valence-corrected chi connectivity index (χ2v) is 37.1. The number of aromatic nitrogens is 13. The maximum Gasteiger partial charge on any atom is 0.238 e. The molecule has 14 heteroatoms. The third kappa shape index (κ3) is 16.3. The van der Waals surface area contributed by atoms with E-state index >= 15 is 0 Å². The van der Waals surface area contributed by atoms with Gasteiger partial charge in [0.1, 0.15) is 11.2 Å². The Balaban J connectivity index is 0.000000111. The summed E-state index contributed by atoms with van der Waals surface area (Å²) in [5, 5.41) is 11.5. The number of benzene rings is 21. The van der Waals surface area contributed by atoms with Gasteiger partial charge in [-0.3, -0.25) is 9.13 Å². The maximum atomic E-state index is 6.55. The van der Waals surface area contributed by atoms with E-state index in [1.165, 1.54) is 55.0 Å². The van der Waals surface area contributed by atoms with Crippen LogP contribution in [0.25, 0.3) is 268 Å². The van der Waals surface area contributed by atoms with E-state index in [4.69, 9.17) is 49.3 Å². The van der Waals surface area contributed by atoms with Gasteiger partial charge in [0.05, 0.1) is 44.1 Å². The molecule has 0 aliphatic rings. The van der Waals surface area contributed by atoms with Crippen molar-refractivity contribution in [1.82, 2.24) is 63.1 Å². The number of rotatable bonds is 16. The molecular weight excluding hydrogens is 1820 g/mol. The average molecular weight is 1910 g/mol. The fourth-order valence-corrected chi connectivity index (χ4v) is 21.1. The van der Waals surface area contributed by atoms with Crippen LogP contribution in [0.15, 0.2) is 532 Å². The standard InChI is InChI=1S/C51H33N5.C45H28N4O.C39H26N4/c1-4-16-34(17-5-1)37-22-14-24-39(32-37)50-52-49(36-20-8-3-9-21-36)53-51(54-50)56-46-29-13-11-27-42(46)44-31-30-43-41-26-10-12-28-45(41)55(47(43)48(44)56)40-25-15-23-38(33-40)35-18-6-2-7-19-35;1-3-13-29(14-4-1)31-17-11-18-32(27-31)34-21-12-24-40-42(34)37-26-25-33(28-41(37)50-40)44-46-43(30-15-5-2-6-16-30)47-45(48-44)49-38-22-9-7-19-35(38)36-20-8-10-23-39(36)49;1-4-12-27(13-5-1)31-22-25-36-34(26-31)33-18-10-11-19-35(33)43(36)32-23-20-30(21-24-32)39-41-37(28-14-6-2-7-15-28)40-38(42-39)29-16-8-3-9-17-29/h1-33H;1-28H;1-26H. The molecule has 0 fully saturated rings. The molecule has 0 amide bonds. The summed E-state index contributed by atoms with van der Waals surface area (Å²) in [6, 6.07) is 183. The van der Waals surface area contributed by atoms with E-state index in [2.05, 4.69) is 419 Å². The Bertz CT molecular complexity index is 10000. The molecular formula is C135H87N13O. The van der Waals surface area contributed by atoms with Crippen molar-refractivity contribution < 1.29 is 4.42 Å². The molecule has 0 saturated heterocycles. The Labute approximate surface area is 857 Å². The van der Waals surface area contributed by atoms with Crippen molar-refractivity contribution in [3.8, 4) is 159 Å². The van der Waals surface area contributed by atoms with E-state index in [9.17, 15) is 0 Å². The van der Waals surface area contributed by atoms with Crippen LogP contribution >= 0.6 is 0 Å². The van der Waals surface area contributed by atoms with Gasteiger partial charge in [-0.2, -0.15) is 19.9 Å². The summed E-state index contributed by atoms with van der Waals surface area (Å²) in [4.78, 5) is 45.7. The predicted molar refractivity (Wildman–Crippen MR) is 609 cm³/mol. The zero-order valence-electron chi connectivity index (χ0n) is 80.5. The molecule has 0 atom stereocenters. The SMILES string of the molecule is c1ccc(-c2ccc3c(c2)c2ccccc2n3-c2ccc(-c3nc(-c4ccccc4)nc(-c4ccccc4)n3)cc2)cc1.c1ccc(-c2cccc(-c3cccc4oc5cc(-c6nc(-c7ccccc7)nc(-n7c8ccccc8c8ccccc87)n6)ccc5c34)c2)cc1.c1ccc(-c2cccc(-c3nc(-c4ccccc4)nc(-n4c5ccccc5c5ccc6c7ccccc7n(-c7cccc(-c8ccccc8)c7)c6c54)n3)c2)cc1. The minimum atomic E-state index is 0.563. The first-order valence-electron chi connectivity index (χ1n) is 50.0. The minimum absolute atomic E-state index is 0.563. The molecule has 0 aliphatic heterocycles. The summed E-state index contributed by atoms with van der Waals surface area (Å²) < 4.78 is 15.7. The summed E-state index contributed by atoms with van der Waals surface area (Å²) in [6.07, 6.45) is 0. The minimum Gasteiger partial charge on any atom is -0.456 e. The van der Waals surface area contributed by atoms with E-state index in [0.717, 1.165) is 160 Å². The van der Waals surface area contributed by atoms with Crippen LogP contribution in [-0.2, 0) is 0 Å². The molecule has 29 aromatic rings. The van der Waals surface area contributed by atoms with Crippen LogP contribution in [0.2, 0.25) is 0 Å². The van der Waals surface area contributed by atoms with Gasteiger partial charge in [-0.05, 0) is 165 Å². The lowest BCUT2D eigenvalue weighted by atomic mass is 9.96. The summed E-state index contributed by atoms with van der Waals surface area (Å²) in [5.74, 6) is 5.51. The highest BCUT2D eigenvalue weighted by atomic mass is 16.3. The Morgan fingerprint density at radius 1 is 0.141 bits per heavy atom. The zero-order valence-corrected chi connectivity index (χ0v) is 80.5. The first kappa shape index (κ1) is 87.6. The molecule has 0 spiro atoms. The largest absolute Gasteiger partial charge is 0.456 e. The smallest absolute Gasteiger partial charge is 0.238 e. The molecule has 698 valence electrons. The topological polar surface area (TPSA) is 149 Å². The van der Waals surface area contributed by atoms with Gasteiger partial charge in [-0.1, -0.05) is 419 Å². The van der Waals surface area contributed by atoms with Crippen molar-refractivity contribution >= 4 is 109 Å². The summed E-state index contributed by atoms with van der Waals surface area (Å²) in [5.41, 5.74) is 30.7. The molecule has 21 aromatic carbocycles. The maximum absolute atomic E-state index is 6.55. The number of nitrogens with zero attached hydrogens (tertiary/aromatic N) is 13. The fraction of sp³-hybridized carbons (Fsp3) is 0. The second kappa shape index (κ2) is 37.8. The third-order valence-corrected chi connectivity index (χ3v) is 28.1. The normalized spacial score (nSPS) is 11.5. The third-order valence-electron chi connectivity index (χ3n) is 28.1. The lowest BCUT2D eigenvalue weighted by molar-refractivity contribution is 0.669. The van der Waals surface area contributed by atoms with Crippen LogP contribution < -0.4 is 0 Å². The van der Waals surface area contributed by atoms with Crippen molar-refractivity contribution in [2.45, 2.75) is 0 Å². The van der Waals surface area contributed by atoms with Gasteiger partial charge >= 0.3 is 0 Å². The molecule has 0 unspecified atom stereocenters. The summed E-state index contributed by atoms with van der Waals surface area (Å²) >= 11 is 0. The molecule has 14 nitrogen and oxygen atoms in total. The zero-order chi connectivity index (χ0) is 98.6. The molecule has 0 saturated carbocycles. The van der Waals surface area contributed by atoms with Gasteiger partial charge in [0.25, 0.3) is 0 Å². The van der Waals surface area contributed by atoms with E-state index in [1.54, 1.807) is 0 Å². The van der Waals surface area contributed by atoms with Gasteiger partial charge < -0.3 is 13.6 Å². The van der Waals surface area contributed by atoms with Crippen LogP contribution in [0.5, 0.6) is 0 Å². The summed E-state index contributed by atoms with van der Waals surface area (Å²) in [6.45, 7) is 0. The van der Waals surface area contributed by atoms with E-state index < -0.39 is 0 Å². The quantitative estimate of drug-likeness (QED) is 0.0915. The molecule has 0 aliphatic carbocycles. The van der Waals surface area contributed by atoms with Gasteiger partial charge in [0, 0.05) is 104 Å². The molecule has 0 radical (unpaired) electrons. The van der Waals surface area contributed by atoms with Crippen LogP contribution in [0.3, 0.4) is 0 Å². The molecule has 29 rings (SSSR count). The summed E-state index contributed by atoms with van der Waals surface area (Å²) in [7, 11) is 0. The number of hydrogen-bond acceptors (Lipinski definition) is 10. The highest BCUT2D eigenvalue weighted by Crippen LogP contribution is 2.46. The van der Waals surface area contributed by atoms with E-state index in [0.29, 0.717) is 52.7 Å². The van der Waals surface area contributed by atoms with Gasteiger partial charge in [0.15, 0.2) is 40.8 Å². The van der Waals surface area contributed by atoms with Crippen molar-refractivity contribution in [2.75, 3.05) is 0 Å². The van der Waals surface area contributed by atoms with Crippen molar-refractivity contribution in [3.63, 3.8) is 0 Å². The Morgan fingerprint density at radius 2 is 0.430 bits per heavy atom. The number of fused-ring (bicyclic) bond motifs is 16. The predicted octanol–water partition coefficient (Wildman–Crippen LogP) is 33.9. The molecule has 8 aromatic heterocycles. The van der Waals surface area contributed by atoms with E-state index in [1.807, 2.05) is 127 Å². The van der Waals surface area contributed by atoms with Crippen LogP contribution in [0.1, 0.15) is 0 Å². The van der Waals surface area contributed by atoms with E-state index in [-0.39, 0.29) is 0 Å². The lowest BCUT2D eigenvalue weighted by Crippen LogP contribution is -2.07. The first-order valence-corrected chi connectivity index (χ1v) is 50.0. The first-order chi connectivity index (χ1) is 73.9. The highest BCUT2D eigenvalue weighted by molar-refractivity contribution is 6.24. The van der Waals surface area contributed by atoms with Crippen LogP contribution in [0.4, 0.5) is 0 Å². The number of hydrogen-bond donors (Lipinski definition) is 0. The Hall–Kier alpha value is -20.3. The van der Waals surface area contributed by atoms with Gasteiger partial charge in [-0.25, -0.2) is 24.9 Å². The Morgan fingerprint density at radius 3 is 0.893 bits per heavy atom. The average Bonchev–Trinajstić information content (AvgIpc) is 1.54. The van der Waals surface area contributed by atoms with Gasteiger partial charge in [0.2, 0.25) is 11.9 Å². The molecule has 8 heterocycles.